The van der Waals surface area contributed by atoms with E-state index in [1.807, 2.05) is 32.0 Å². The molecular weight excluding hydrogens is 364 g/mol. The lowest BCUT2D eigenvalue weighted by molar-refractivity contribution is -0.120. The number of amides is 1. The predicted molar refractivity (Wildman–Crippen MR) is 104 cm³/mol. The minimum atomic E-state index is -3.61. The molecule has 27 heavy (non-hydrogen) atoms. The lowest BCUT2D eigenvalue weighted by Crippen LogP contribution is -2.41. The van der Waals surface area contributed by atoms with Gasteiger partial charge in [-0.2, -0.15) is 4.31 Å². The number of hydrogen-bond acceptors (Lipinski definition) is 4. The van der Waals surface area contributed by atoms with Crippen molar-refractivity contribution in [1.82, 2.24) is 13.9 Å². The fourth-order valence-electron chi connectivity index (χ4n) is 3.33. The summed E-state index contributed by atoms with van der Waals surface area (Å²) < 4.78 is 28.6. The van der Waals surface area contributed by atoms with E-state index in [1.165, 1.54) is 10.5 Å². The summed E-state index contributed by atoms with van der Waals surface area (Å²) in [5.74, 6) is 0.409. The summed E-state index contributed by atoms with van der Waals surface area (Å²) >= 11 is 0. The third-order valence-electron chi connectivity index (χ3n) is 5.16. The molecular formula is C19H26N4O3S. The zero-order valence-electron chi connectivity index (χ0n) is 16.2. The number of benzene rings is 1. The van der Waals surface area contributed by atoms with Crippen LogP contribution in [0.5, 0.6) is 0 Å². The van der Waals surface area contributed by atoms with Gasteiger partial charge in [0, 0.05) is 37.9 Å². The highest BCUT2D eigenvalue weighted by Gasteiger charge is 2.33. The Morgan fingerprint density at radius 1 is 1.19 bits per heavy atom. The molecule has 1 N–H and O–H groups in total. The maximum atomic E-state index is 12.7. The van der Waals surface area contributed by atoms with Crippen LogP contribution in [0.25, 0.3) is 0 Å². The fourth-order valence-corrected chi connectivity index (χ4v) is 4.82. The zero-order chi connectivity index (χ0) is 19.8. The van der Waals surface area contributed by atoms with E-state index in [2.05, 4.69) is 10.3 Å². The second kappa shape index (κ2) is 7.44. The molecule has 1 aliphatic heterocycles. The summed E-state index contributed by atoms with van der Waals surface area (Å²) in [6, 6.07) is 5.90. The van der Waals surface area contributed by atoms with Gasteiger partial charge < -0.3 is 9.88 Å². The third-order valence-corrected chi connectivity index (χ3v) is 6.93. The summed E-state index contributed by atoms with van der Waals surface area (Å²) in [7, 11) is -1.84. The van der Waals surface area contributed by atoms with E-state index in [1.54, 1.807) is 18.5 Å². The second-order valence-corrected chi connectivity index (χ2v) is 9.11. The quantitative estimate of drug-likeness (QED) is 0.869. The third kappa shape index (κ3) is 4.06. The normalized spacial score (nSPS) is 16.4. The van der Waals surface area contributed by atoms with Crippen LogP contribution in [0.1, 0.15) is 29.8 Å². The van der Waals surface area contributed by atoms with E-state index in [0.717, 1.165) is 16.8 Å². The summed E-state index contributed by atoms with van der Waals surface area (Å²) in [6.45, 7) is 6.39. The van der Waals surface area contributed by atoms with Gasteiger partial charge in [-0.3, -0.25) is 4.79 Å². The van der Waals surface area contributed by atoms with Crippen molar-refractivity contribution in [2.45, 2.75) is 38.6 Å². The molecule has 3 rings (SSSR count). The summed E-state index contributed by atoms with van der Waals surface area (Å²) in [6.07, 6.45) is 2.53. The van der Waals surface area contributed by atoms with Gasteiger partial charge in [-0.05, 0) is 45.2 Å². The number of nitrogens with one attached hydrogen (secondary N) is 1. The highest BCUT2D eigenvalue weighted by atomic mass is 32.2. The molecule has 8 heteroatoms. The number of carbonyl (C=O) groups excluding carboxylic acids is 1. The Morgan fingerprint density at radius 3 is 2.41 bits per heavy atom. The summed E-state index contributed by atoms with van der Waals surface area (Å²) in [4.78, 5) is 16.7. The SMILES string of the molecule is Cc1ccc(NC(=O)C2CCN(S(=O)(=O)c3cn(C)c(C)n3)CC2)c(C)c1. The molecule has 1 fully saturated rings. The van der Waals surface area contributed by atoms with Crippen molar-refractivity contribution in [2.24, 2.45) is 13.0 Å². The first-order valence-electron chi connectivity index (χ1n) is 9.06. The average Bonchev–Trinajstić information content (AvgIpc) is 2.97. The van der Waals surface area contributed by atoms with Crippen LogP contribution >= 0.6 is 0 Å². The van der Waals surface area contributed by atoms with E-state index in [9.17, 15) is 13.2 Å². The number of imidazole rings is 1. The van der Waals surface area contributed by atoms with Crippen LogP contribution in [-0.2, 0) is 21.9 Å². The minimum absolute atomic E-state index is 0.0484. The van der Waals surface area contributed by atoms with Crippen molar-refractivity contribution >= 4 is 21.6 Å². The standard InChI is InChI=1S/C19H26N4O3S/c1-13-5-6-17(14(2)11-13)21-19(24)16-7-9-23(10-8-16)27(25,26)18-12-22(4)15(3)20-18/h5-6,11-12,16H,7-10H2,1-4H3,(H,21,24). The van der Waals surface area contributed by atoms with Gasteiger partial charge in [-0.25, -0.2) is 13.4 Å². The molecule has 1 aliphatic rings. The van der Waals surface area contributed by atoms with Crippen molar-refractivity contribution < 1.29 is 13.2 Å². The predicted octanol–water partition coefficient (Wildman–Crippen LogP) is 2.38. The van der Waals surface area contributed by atoms with Gasteiger partial charge >= 0.3 is 0 Å². The summed E-state index contributed by atoms with van der Waals surface area (Å²) in [5.41, 5.74) is 2.98. The fraction of sp³-hybridized carbons (Fsp3) is 0.474. The van der Waals surface area contributed by atoms with Crippen molar-refractivity contribution in [2.75, 3.05) is 18.4 Å². The van der Waals surface area contributed by atoms with Crippen LogP contribution in [0.4, 0.5) is 5.69 Å². The molecule has 2 aromatic rings. The molecule has 7 nitrogen and oxygen atoms in total. The van der Waals surface area contributed by atoms with Crippen LogP contribution < -0.4 is 5.32 Å². The Kier molecular flexibility index (Phi) is 5.39. The first kappa shape index (κ1) is 19.6. The number of aryl methyl sites for hydroxylation is 4. The topological polar surface area (TPSA) is 84.3 Å². The Bertz CT molecular complexity index is 938. The van der Waals surface area contributed by atoms with Crippen LogP contribution in [0.3, 0.4) is 0 Å². The van der Waals surface area contributed by atoms with E-state index in [0.29, 0.717) is 31.8 Å². The first-order chi connectivity index (χ1) is 12.7. The number of piperidine rings is 1. The van der Waals surface area contributed by atoms with E-state index < -0.39 is 10.0 Å². The summed E-state index contributed by atoms with van der Waals surface area (Å²) in [5, 5.41) is 3.05. The van der Waals surface area contributed by atoms with E-state index >= 15 is 0 Å². The van der Waals surface area contributed by atoms with Gasteiger partial charge in [0.2, 0.25) is 5.91 Å². The largest absolute Gasteiger partial charge is 0.337 e. The number of carbonyl (C=O) groups is 1. The van der Waals surface area contributed by atoms with Crippen molar-refractivity contribution in [3.63, 3.8) is 0 Å². The Balaban J connectivity index is 1.63. The molecule has 2 heterocycles. The number of rotatable bonds is 4. The van der Waals surface area contributed by atoms with Gasteiger partial charge in [0.05, 0.1) is 0 Å². The number of hydrogen-bond donors (Lipinski definition) is 1. The van der Waals surface area contributed by atoms with Gasteiger partial charge in [-0.1, -0.05) is 17.7 Å². The highest BCUT2D eigenvalue weighted by molar-refractivity contribution is 7.89. The molecule has 0 saturated carbocycles. The molecule has 1 saturated heterocycles. The molecule has 0 bridgehead atoms. The van der Waals surface area contributed by atoms with Crippen LogP contribution in [-0.4, -0.2) is 41.3 Å². The Hall–Kier alpha value is -2.19. The molecule has 0 aliphatic carbocycles. The molecule has 146 valence electrons. The number of nitrogens with zero attached hydrogens (tertiary/aromatic N) is 3. The van der Waals surface area contributed by atoms with Crippen molar-refractivity contribution in [3.8, 4) is 0 Å². The van der Waals surface area contributed by atoms with E-state index in [4.69, 9.17) is 0 Å². The van der Waals surface area contributed by atoms with Crippen LogP contribution in [0.2, 0.25) is 0 Å². The van der Waals surface area contributed by atoms with Gasteiger partial charge in [0.1, 0.15) is 5.82 Å². The van der Waals surface area contributed by atoms with Crippen LogP contribution in [0.15, 0.2) is 29.4 Å². The first-order valence-corrected chi connectivity index (χ1v) is 10.5. The number of sulfonamides is 1. The lowest BCUT2D eigenvalue weighted by atomic mass is 9.97. The number of aromatic nitrogens is 2. The number of anilines is 1. The maximum absolute atomic E-state index is 12.7. The van der Waals surface area contributed by atoms with Crippen molar-refractivity contribution in [1.29, 1.82) is 0 Å². The minimum Gasteiger partial charge on any atom is -0.337 e. The van der Waals surface area contributed by atoms with Crippen LogP contribution in [0, 0.1) is 26.7 Å². The molecule has 0 spiro atoms. The average molecular weight is 391 g/mol. The monoisotopic (exact) mass is 390 g/mol. The zero-order valence-corrected chi connectivity index (χ0v) is 17.0. The molecule has 0 radical (unpaired) electrons. The molecule has 1 amide bonds. The van der Waals surface area contributed by atoms with Gasteiger partial charge in [0.25, 0.3) is 10.0 Å². The Labute approximate surface area is 160 Å². The highest BCUT2D eigenvalue weighted by Crippen LogP contribution is 2.25. The smallest absolute Gasteiger partial charge is 0.262 e. The molecule has 1 aromatic carbocycles. The Morgan fingerprint density at radius 2 is 1.85 bits per heavy atom. The molecule has 0 atom stereocenters. The molecule has 1 aromatic heterocycles. The molecule has 0 unspecified atom stereocenters. The second-order valence-electron chi connectivity index (χ2n) is 7.22. The van der Waals surface area contributed by atoms with Gasteiger partial charge in [0.15, 0.2) is 5.03 Å². The van der Waals surface area contributed by atoms with E-state index in [-0.39, 0.29) is 16.9 Å². The lowest BCUT2D eigenvalue weighted by Gasteiger charge is -2.30. The maximum Gasteiger partial charge on any atom is 0.262 e. The van der Waals surface area contributed by atoms with Gasteiger partial charge in [-0.15, -0.1) is 0 Å². The van der Waals surface area contributed by atoms with Crippen molar-refractivity contribution in [3.05, 3.63) is 41.3 Å².